The Morgan fingerprint density at radius 3 is 2.00 bits per heavy atom. The zero-order chi connectivity index (χ0) is 18.0. The van der Waals surface area contributed by atoms with Crippen LogP contribution < -0.4 is 10.4 Å². The molecule has 0 aliphatic heterocycles. The standard InChI is InChI=1S/C9H17NO5.C5H14NO/c1-9(2,5-11)7(14)8(15)10-4-3-6(12)13;1-6(2,3)4-5-7/h7,11,14H,3-5H2,1-2H3,(H,10,15)(H,12,13);7H,4-5H2,1-3H3/q;+1/p-1/t7-;/m0./s1. The summed E-state index contributed by atoms with van der Waals surface area (Å²) in [6.45, 7) is 3.72. The number of aliphatic carboxylic acids is 1. The minimum absolute atomic E-state index is 0.0975. The van der Waals surface area contributed by atoms with Crippen LogP contribution in [0, 0.1) is 5.41 Å². The van der Waals surface area contributed by atoms with Crippen LogP contribution in [0.4, 0.5) is 0 Å². The molecule has 0 unspecified atom stereocenters. The number of carbonyl (C=O) groups excluding carboxylic acids is 2. The number of nitrogens with zero attached hydrogens (tertiary/aromatic N) is 1. The third-order valence-electron chi connectivity index (χ3n) is 2.80. The zero-order valence-corrected chi connectivity index (χ0v) is 14.1. The van der Waals surface area contributed by atoms with E-state index in [1.165, 1.54) is 13.8 Å². The number of nitrogens with one attached hydrogen (secondary N) is 1. The van der Waals surface area contributed by atoms with E-state index in [1.54, 1.807) is 0 Å². The quantitative estimate of drug-likeness (QED) is 0.360. The summed E-state index contributed by atoms with van der Waals surface area (Å²) in [6.07, 6.45) is -1.68. The van der Waals surface area contributed by atoms with Gasteiger partial charge in [0.2, 0.25) is 5.91 Å². The van der Waals surface area contributed by atoms with Crippen molar-refractivity contribution in [3.8, 4) is 0 Å². The van der Waals surface area contributed by atoms with Crippen LogP contribution in [0.1, 0.15) is 20.3 Å². The van der Waals surface area contributed by atoms with Crippen LogP contribution in [0.25, 0.3) is 0 Å². The Hall–Kier alpha value is -1.22. The monoisotopic (exact) mass is 322 g/mol. The first-order valence-corrected chi connectivity index (χ1v) is 7.05. The topological polar surface area (TPSA) is 130 Å². The minimum Gasteiger partial charge on any atom is -0.550 e. The minimum atomic E-state index is -1.37. The van der Waals surface area contributed by atoms with E-state index in [-0.39, 0.29) is 26.2 Å². The predicted molar refractivity (Wildman–Crippen MR) is 79.5 cm³/mol. The van der Waals surface area contributed by atoms with Gasteiger partial charge in [0.1, 0.15) is 12.6 Å². The second-order valence-corrected chi connectivity index (χ2v) is 6.70. The lowest BCUT2D eigenvalue weighted by Crippen LogP contribution is -2.46. The average molecular weight is 322 g/mol. The fourth-order valence-electron chi connectivity index (χ4n) is 1.13. The van der Waals surface area contributed by atoms with Gasteiger partial charge in [-0.25, -0.2) is 0 Å². The van der Waals surface area contributed by atoms with Gasteiger partial charge in [0.05, 0.1) is 34.4 Å². The number of rotatable bonds is 8. The molecule has 0 aromatic carbocycles. The molecule has 0 aliphatic carbocycles. The molecule has 0 aromatic heterocycles. The molecular formula is C14H30N2O6. The molecule has 8 heteroatoms. The van der Waals surface area contributed by atoms with Gasteiger partial charge in [-0.3, -0.25) is 4.79 Å². The number of carboxylic acid groups (broad SMARTS) is 1. The van der Waals surface area contributed by atoms with Crippen LogP contribution >= 0.6 is 0 Å². The highest BCUT2D eigenvalue weighted by atomic mass is 16.4. The maximum atomic E-state index is 11.2. The summed E-state index contributed by atoms with van der Waals surface area (Å²) in [5, 5.41) is 39.0. The first-order chi connectivity index (χ1) is 9.87. The van der Waals surface area contributed by atoms with Crippen molar-refractivity contribution in [2.24, 2.45) is 5.41 Å². The van der Waals surface area contributed by atoms with Crippen molar-refractivity contribution >= 4 is 11.9 Å². The van der Waals surface area contributed by atoms with Gasteiger partial charge in [0.25, 0.3) is 0 Å². The Kier molecular flexibility index (Phi) is 11.0. The van der Waals surface area contributed by atoms with E-state index in [4.69, 9.17) is 10.2 Å². The summed E-state index contributed by atoms with van der Waals surface area (Å²) in [5.41, 5.74) is -0.953. The number of aliphatic hydroxyl groups is 3. The summed E-state index contributed by atoms with van der Waals surface area (Å²) < 4.78 is 0.844. The Balaban J connectivity index is 0. The van der Waals surface area contributed by atoms with E-state index in [1.807, 2.05) is 0 Å². The number of hydrogen-bond acceptors (Lipinski definition) is 6. The number of quaternary nitrogens is 1. The van der Waals surface area contributed by atoms with Crippen molar-refractivity contribution in [2.45, 2.75) is 26.4 Å². The molecule has 1 amide bonds. The molecule has 0 spiro atoms. The van der Waals surface area contributed by atoms with Gasteiger partial charge in [-0.05, 0) is 0 Å². The molecule has 4 N–H and O–H groups in total. The highest BCUT2D eigenvalue weighted by Crippen LogP contribution is 2.19. The lowest BCUT2D eigenvalue weighted by molar-refractivity contribution is -0.870. The fourth-order valence-corrected chi connectivity index (χ4v) is 1.13. The number of hydrogen-bond donors (Lipinski definition) is 4. The van der Waals surface area contributed by atoms with Gasteiger partial charge in [-0.2, -0.15) is 0 Å². The number of aliphatic hydroxyl groups excluding tert-OH is 3. The normalized spacial score (nSPS) is 12.9. The molecule has 0 rings (SSSR count). The Morgan fingerprint density at radius 1 is 1.23 bits per heavy atom. The van der Waals surface area contributed by atoms with E-state index < -0.39 is 23.4 Å². The van der Waals surface area contributed by atoms with Crippen LogP contribution in [0.2, 0.25) is 0 Å². The maximum Gasteiger partial charge on any atom is 0.249 e. The number of amides is 1. The summed E-state index contributed by atoms with van der Waals surface area (Å²) in [4.78, 5) is 21.3. The van der Waals surface area contributed by atoms with Gasteiger partial charge >= 0.3 is 0 Å². The molecule has 0 bridgehead atoms. The number of carbonyl (C=O) groups is 2. The lowest BCUT2D eigenvalue weighted by Gasteiger charge is -2.27. The first-order valence-electron chi connectivity index (χ1n) is 7.05. The van der Waals surface area contributed by atoms with Crippen molar-refractivity contribution in [1.29, 1.82) is 0 Å². The van der Waals surface area contributed by atoms with Gasteiger partial charge in [0, 0.05) is 24.3 Å². The van der Waals surface area contributed by atoms with Crippen molar-refractivity contribution in [1.82, 2.24) is 5.32 Å². The number of likely N-dealkylation sites (N-methyl/N-ethyl adjacent to an activating group) is 1. The van der Waals surface area contributed by atoms with E-state index in [0.29, 0.717) is 0 Å². The summed E-state index contributed by atoms with van der Waals surface area (Å²) in [7, 11) is 6.16. The SMILES string of the molecule is CC(C)(CO)[C@@H](O)C(=O)NCCC(=O)[O-].C[N+](C)(C)CCO. The molecule has 8 nitrogen and oxygen atoms in total. The molecule has 0 fully saturated rings. The van der Waals surface area contributed by atoms with Crippen LogP contribution in [0.5, 0.6) is 0 Å². The molecule has 0 saturated carbocycles. The Labute approximate surface area is 132 Å². The average Bonchev–Trinajstić information content (AvgIpc) is 2.36. The largest absolute Gasteiger partial charge is 0.550 e. The van der Waals surface area contributed by atoms with E-state index >= 15 is 0 Å². The molecule has 0 aliphatic rings. The van der Waals surface area contributed by atoms with Gasteiger partial charge in [-0.15, -0.1) is 0 Å². The lowest BCUT2D eigenvalue weighted by atomic mass is 9.87. The zero-order valence-electron chi connectivity index (χ0n) is 14.1. The predicted octanol–water partition coefficient (Wildman–Crippen LogP) is -2.69. The van der Waals surface area contributed by atoms with Crippen molar-refractivity contribution in [3.05, 3.63) is 0 Å². The van der Waals surface area contributed by atoms with Crippen molar-refractivity contribution in [3.63, 3.8) is 0 Å². The summed E-state index contributed by atoms with van der Waals surface area (Å²) in [6, 6.07) is 0. The second kappa shape index (κ2) is 10.5. The first kappa shape index (κ1) is 23.1. The highest BCUT2D eigenvalue weighted by molar-refractivity contribution is 5.81. The highest BCUT2D eigenvalue weighted by Gasteiger charge is 2.32. The molecular weight excluding hydrogens is 292 g/mol. The Morgan fingerprint density at radius 2 is 1.73 bits per heavy atom. The van der Waals surface area contributed by atoms with E-state index in [9.17, 15) is 19.8 Å². The third kappa shape index (κ3) is 12.5. The molecule has 1 atom stereocenters. The van der Waals surface area contributed by atoms with Crippen molar-refractivity contribution < 1.29 is 34.5 Å². The molecule has 22 heavy (non-hydrogen) atoms. The smallest absolute Gasteiger partial charge is 0.249 e. The summed E-state index contributed by atoms with van der Waals surface area (Å²) >= 11 is 0. The molecule has 0 radical (unpaired) electrons. The van der Waals surface area contributed by atoms with Gasteiger partial charge < -0.3 is 35.0 Å². The fraction of sp³-hybridized carbons (Fsp3) is 0.857. The molecule has 0 saturated heterocycles. The van der Waals surface area contributed by atoms with Crippen LogP contribution in [0.15, 0.2) is 0 Å². The maximum absolute atomic E-state index is 11.2. The molecule has 0 aromatic rings. The molecule has 132 valence electrons. The van der Waals surface area contributed by atoms with Gasteiger partial charge in [0.15, 0.2) is 0 Å². The van der Waals surface area contributed by atoms with Crippen LogP contribution in [-0.4, -0.2) is 85.2 Å². The second-order valence-electron chi connectivity index (χ2n) is 6.70. The molecule has 0 heterocycles. The van der Waals surface area contributed by atoms with Crippen LogP contribution in [-0.2, 0) is 9.59 Å². The number of carboxylic acids is 1. The van der Waals surface area contributed by atoms with E-state index in [0.717, 1.165) is 11.0 Å². The Bertz CT molecular complexity index is 339. The van der Waals surface area contributed by atoms with Crippen LogP contribution in [0.3, 0.4) is 0 Å². The van der Waals surface area contributed by atoms with E-state index in [2.05, 4.69) is 26.5 Å². The summed E-state index contributed by atoms with van der Waals surface area (Å²) in [5.74, 6) is -1.97. The third-order valence-corrected chi connectivity index (χ3v) is 2.80. The van der Waals surface area contributed by atoms with Gasteiger partial charge in [-0.1, -0.05) is 13.8 Å². The van der Waals surface area contributed by atoms with Crippen molar-refractivity contribution in [2.75, 3.05) is 47.4 Å².